The van der Waals surface area contributed by atoms with Crippen molar-refractivity contribution in [3.8, 4) is 0 Å². The number of carbonyl (C=O) groups is 1. The summed E-state index contributed by atoms with van der Waals surface area (Å²) in [7, 11) is 0. The monoisotopic (exact) mass is 377 g/mol. The molecule has 0 radical (unpaired) electrons. The summed E-state index contributed by atoms with van der Waals surface area (Å²) in [5, 5.41) is 3.52. The zero-order valence-corrected chi connectivity index (χ0v) is 16.6. The molecule has 1 saturated heterocycles. The highest BCUT2D eigenvalue weighted by Crippen LogP contribution is 2.43. The molecule has 0 spiro atoms. The topological polar surface area (TPSA) is 45.2 Å². The zero-order chi connectivity index (χ0) is 19.2. The summed E-state index contributed by atoms with van der Waals surface area (Å²) in [5.41, 5.74) is 2.78. The summed E-state index contributed by atoms with van der Waals surface area (Å²) in [6, 6.07) is 15.3. The minimum absolute atomic E-state index is 0.155. The Morgan fingerprint density at radius 3 is 2.68 bits per heavy atom. The average molecular weight is 378 g/mol. The van der Waals surface area contributed by atoms with E-state index in [4.69, 9.17) is 0 Å². The maximum absolute atomic E-state index is 12.7. The van der Waals surface area contributed by atoms with E-state index in [0.717, 1.165) is 32.5 Å². The van der Waals surface area contributed by atoms with E-state index in [1.807, 2.05) is 12.3 Å². The molecule has 1 atom stereocenters. The summed E-state index contributed by atoms with van der Waals surface area (Å²) >= 11 is 0. The van der Waals surface area contributed by atoms with Crippen LogP contribution in [0.5, 0.6) is 0 Å². The van der Waals surface area contributed by atoms with Crippen LogP contribution in [0.4, 0.5) is 0 Å². The molecule has 1 aromatic heterocycles. The van der Waals surface area contributed by atoms with Crippen molar-refractivity contribution in [2.75, 3.05) is 13.1 Å². The van der Waals surface area contributed by atoms with Crippen LogP contribution in [0.25, 0.3) is 0 Å². The van der Waals surface area contributed by atoms with Gasteiger partial charge in [0, 0.05) is 43.4 Å². The Labute approximate surface area is 168 Å². The van der Waals surface area contributed by atoms with Crippen molar-refractivity contribution < 1.29 is 4.79 Å². The maximum Gasteiger partial charge on any atom is 0.222 e. The Hall–Kier alpha value is -2.20. The van der Waals surface area contributed by atoms with Crippen molar-refractivity contribution in [1.29, 1.82) is 0 Å². The maximum atomic E-state index is 12.7. The molecule has 1 aliphatic heterocycles. The first-order valence-corrected chi connectivity index (χ1v) is 10.7. The Morgan fingerprint density at radius 2 is 1.93 bits per heavy atom. The number of rotatable bonds is 8. The third-order valence-electron chi connectivity index (χ3n) is 6.58. The van der Waals surface area contributed by atoms with Crippen molar-refractivity contribution in [3.63, 3.8) is 0 Å². The predicted octanol–water partition coefficient (Wildman–Crippen LogP) is 4.06. The van der Waals surface area contributed by atoms with Gasteiger partial charge in [0.1, 0.15) is 0 Å². The third kappa shape index (κ3) is 4.27. The molecule has 2 aromatic rings. The van der Waals surface area contributed by atoms with E-state index < -0.39 is 0 Å². The molecular weight excluding hydrogens is 346 g/mol. The van der Waals surface area contributed by atoms with Gasteiger partial charge in [0.25, 0.3) is 0 Å². The van der Waals surface area contributed by atoms with Crippen LogP contribution >= 0.6 is 0 Å². The van der Waals surface area contributed by atoms with E-state index in [0.29, 0.717) is 18.4 Å². The second kappa shape index (κ2) is 8.87. The number of carbonyl (C=O) groups excluding carboxylic acids is 1. The number of nitrogens with one attached hydrogen (secondary N) is 1. The SMILES string of the molecule is O=C1CC[C@H](CCNCc2cccnc2)N1CC1(c2ccccc2)CCCC1. The Balaban J connectivity index is 1.37. The summed E-state index contributed by atoms with van der Waals surface area (Å²) in [6.45, 7) is 2.66. The quantitative estimate of drug-likeness (QED) is 0.706. The molecule has 0 unspecified atom stereocenters. The van der Waals surface area contributed by atoms with Crippen LogP contribution in [0.15, 0.2) is 54.9 Å². The van der Waals surface area contributed by atoms with Gasteiger partial charge in [-0.3, -0.25) is 9.78 Å². The van der Waals surface area contributed by atoms with Crippen LogP contribution in [-0.2, 0) is 16.8 Å². The second-order valence-electron chi connectivity index (χ2n) is 8.39. The fraction of sp³-hybridized carbons (Fsp3) is 0.500. The van der Waals surface area contributed by atoms with Gasteiger partial charge in [0.2, 0.25) is 5.91 Å². The number of nitrogens with zero attached hydrogens (tertiary/aromatic N) is 2. The van der Waals surface area contributed by atoms with E-state index in [2.05, 4.69) is 51.6 Å². The molecule has 2 aliphatic rings. The number of amides is 1. The summed E-state index contributed by atoms with van der Waals surface area (Å²) in [4.78, 5) is 19.1. The van der Waals surface area contributed by atoms with Crippen molar-refractivity contribution >= 4 is 5.91 Å². The fourth-order valence-corrected chi connectivity index (χ4v) is 5.02. The molecule has 1 amide bonds. The Morgan fingerprint density at radius 1 is 1.11 bits per heavy atom. The van der Waals surface area contributed by atoms with Gasteiger partial charge in [-0.05, 0) is 49.4 Å². The number of aromatic nitrogens is 1. The fourth-order valence-electron chi connectivity index (χ4n) is 5.02. The lowest BCUT2D eigenvalue weighted by molar-refractivity contribution is -0.129. The normalized spacial score (nSPS) is 21.4. The molecule has 2 heterocycles. The van der Waals surface area contributed by atoms with Gasteiger partial charge in [-0.1, -0.05) is 49.2 Å². The molecule has 4 heteroatoms. The number of benzene rings is 1. The Kier molecular flexibility index (Phi) is 6.06. The molecule has 4 nitrogen and oxygen atoms in total. The summed E-state index contributed by atoms with van der Waals surface area (Å²) < 4.78 is 0. The van der Waals surface area contributed by atoms with Gasteiger partial charge in [-0.15, -0.1) is 0 Å². The third-order valence-corrected chi connectivity index (χ3v) is 6.58. The molecule has 148 valence electrons. The number of pyridine rings is 1. The van der Waals surface area contributed by atoms with E-state index in [1.54, 1.807) is 6.20 Å². The number of hydrogen-bond acceptors (Lipinski definition) is 3. The molecular formula is C24H31N3O. The van der Waals surface area contributed by atoms with Gasteiger partial charge in [0.15, 0.2) is 0 Å². The molecule has 4 rings (SSSR count). The first-order valence-electron chi connectivity index (χ1n) is 10.7. The first-order chi connectivity index (χ1) is 13.8. The molecule has 1 aliphatic carbocycles. The standard InChI is InChI=1S/C24H31N3O/c28-23-11-10-22(12-16-26-18-20-7-6-15-25-17-20)27(23)19-24(13-4-5-14-24)21-8-2-1-3-9-21/h1-3,6-9,15,17,22,26H,4-5,10-14,16,18-19H2/t22-/m1/s1. The molecule has 2 fully saturated rings. The van der Waals surface area contributed by atoms with Crippen molar-refractivity contribution in [2.24, 2.45) is 0 Å². The predicted molar refractivity (Wildman–Crippen MR) is 112 cm³/mol. The minimum atomic E-state index is 0.155. The lowest BCUT2D eigenvalue weighted by Gasteiger charge is -2.37. The van der Waals surface area contributed by atoms with Crippen LogP contribution in [0.2, 0.25) is 0 Å². The van der Waals surface area contributed by atoms with Crippen molar-refractivity contribution in [3.05, 3.63) is 66.0 Å². The van der Waals surface area contributed by atoms with Gasteiger partial charge >= 0.3 is 0 Å². The van der Waals surface area contributed by atoms with E-state index in [1.165, 1.54) is 36.8 Å². The van der Waals surface area contributed by atoms with E-state index in [-0.39, 0.29) is 5.41 Å². The molecule has 1 saturated carbocycles. The van der Waals surface area contributed by atoms with Gasteiger partial charge in [0.05, 0.1) is 0 Å². The van der Waals surface area contributed by atoms with Crippen LogP contribution < -0.4 is 5.32 Å². The van der Waals surface area contributed by atoms with E-state index in [9.17, 15) is 4.79 Å². The zero-order valence-electron chi connectivity index (χ0n) is 16.6. The first kappa shape index (κ1) is 19.1. The van der Waals surface area contributed by atoms with Crippen LogP contribution in [0, 0.1) is 0 Å². The number of hydrogen-bond donors (Lipinski definition) is 1. The van der Waals surface area contributed by atoms with Crippen LogP contribution in [0.3, 0.4) is 0 Å². The lowest BCUT2D eigenvalue weighted by Crippen LogP contribution is -2.44. The number of likely N-dealkylation sites (tertiary alicyclic amines) is 1. The Bertz CT molecular complexity index is 756. The molecule has 1 N–H and O–H groups in total. The average Bonchev–Trinajstić information content (AvgIpc) is 3.36. The van der Waals surface area contributed by atoms with Gasteiger partial charge < -0.3 is 10.2 Å². The molecule has 1 aromatic carbocycles. The highest BCUT2D eigenvalue weighted by Gasteiger charge is 2.41. The van der Waals surface area contributed by atoms with Gasteiger partial charge in [-0.2, -0.15) is 0 Å². The van der Waals surface area contributed by atoms with Crippen molar-refractivity contribution in [1.82, 2.24) is 15.2 Å². The van der Waals surface area contributed by atoms with Gasteiger partial charge in [-0.25, -0.2) is 0 Å². The second-order valence-corrected chi connectivity index (χ2v) is 8.39. The van der Waals surface area contributed by atoms with Crippen molar-refractivity contribution in [2.45, 2.75) is 62.9 Å². The van der Waals surface area contributed by atoms with Crippen LogP contribution in [0.1, 0.15) is 56.1 Å². The van der Waals surface area contributed by atoms with Crippen LogP contribution in [-0.4, -0.2) is 34.9 Å². The summed E-state index contributed by atoms with van der Waals surface area (Å²) in [5.74, 6) is 0.347. The highest BCUT2D eigenvalue weighted by atomic mass is 16.2. The minimum Gasteiger partial charge on any atom is -0.339 e. The molecule has 0 bridgehead atoms. The smallest absolute Gasteiger partial charge is 0.222 e. The lowest BCUT2D eigenvalue weighted by atomic mass is 9.78. The highest BCUT2D eigenvalue weighted by molar-refractivity contribution is 5.79. The summed E-state index contributed by atoms with van der Waals surface area (Å²) in [6.07, 6.45) is 11.4. The van der Waals surface area contributed by atoms with E-state index >= 15 is 0 Å². The molecule has 28 heavy (non-hydrogen) atoms. The largest absolute Gasteiger partial charge is 0.339 e.